The maximum absolute atomic E-state index is 13.6. The molecular formula is C64H98O8. The van der Waals surface area contributed by atoms with Crippen molar-refractivity contribution in [2.75, 3.05) is 0 Å². The van der Waals surface area contributed by atoms with Gasteiger partial charge in [-0.1, -0.05) is 233 Å². The van der Waals surface area contributed by atoms with E-state index in [9.17, 15) is 19.2 Å². The molecule has 0 heterocycles. The number of hydrogen-bond donors (Lipinski definition) is 0. The highest BCUT2D eigenvalue weighted by molar-refractivity contribution is 6.28. The Balaban J connectivity index is 1.61. The summed E-state index contributed by atoms with van der Waals surface area (Å²) in [7, 11) is 0. The van der Waals surface area contributed by atoms with E-state index in [0.717, 1.165) is 77.0 Å². The van der Waals surface area contributed by atoms with Crippen LogP contribution in [-0.2, 0) is 19.2 Å². The van der Waals surface area contributed by atoms with Gasteiger partial charge in [-0.05, 0) is 49.9 Å². The van der Waals surface area contributed by atoms with Crippen LogP contribution in [-0.4, -0.2) is 23.9 Å². The zero-order valence-electron chi connectivity index (χ0n) is 46.0. The highest BCUT2D eigenvalue weighted by Crippen LogP contribution is 2.48. The van der Waals surface area contributed by atoms with Crippen LogP contribution in [0.4, 0.5) is 0 Å². The predicted octanol–water partition coefficient (Wildman–Crippen LogP) is 19.9. The topological polar surface area (TPSA) is 105 Å². The Morgan fingerprint density at radius 3 is 0.611 bits per heavy atom. The standard InChI is InChI=1S/C64H98O8/c1-5-9-13-17-21-25-29-33-37-41-59(65)69-55-49-56(70-60(66)42-38-34-30-26-22-18-14-10-6-2)52-47-48-54-58(72-62(68)44-40-36-32-28-24-20-16-12-8-4)50-57(53-46-45-51(55)63(52)64(53)54)71-61(67)43-39-35-31-27-23-19-15-11-7-3/h45-50H,5-44H2,1-4H3. The smallest absolute Gasteiger partial charge is 0.311 e. The minimum Gasteiger partial charge on any atom is -0.426 e. The molecule has 0 bridgehead atoms. The lowest BCUT2D eigenvalue weighted by atomic mass is 9.92. The molecule has 0 radical (unpaired) electrons. The van der Waals surface area contributed by atoms with Gasteiger partial charge in [-0.3, -0.25) is 19.2 Å². The van der Waals surface area contributed by atoms with Gasteiger partial charge >= 0.3 is 23.9 Å². The van der Waals surface area contributed by atoms with E-state index >= 15 is 0 Å². The van der Waals surface area contributed by atoms with Gasteiger partial charge in [0.05, 0.1) is 0 Å². The van der Waals surface area contributed by atoms with Crippen molar-refractivity contribution in [1.82, 2.24) is 0 Å². The third kappa shape index (κ3) is 22.9. The second-order valence-electron chi connectivity index (χ2n) is 21.0. The summed E-state index contributed by atoms with van der Waals surface area (Å²) >= 11 is 0. The number of unbranched alkanes of at least 4 members (excludes halogenated alkanes) is 32. The fourth-order valence-electron chi connectivity index (χ4n) is 10.2. The number of rotatable bonds is 44. The van der Waals surface area contributed by atoms with Crippen LogP contribution >= 0.6 is 0 Å². The Hall–Kier alpha value is -4.20. The highest BCUT2D eigenvalue weighted by Gasteiger charge is 2.24. The minimum atomic E-state index is -0.336. The number of carbonyl (C=O) groups is 4. The highest BCUT2D eigenvalue weighted by atomic mass is 16.6. The van der Waals surface area contributed by atoms with Gasteiger partial charge in [0.25, 0.3) is 0 Å². The molecular weight excluding hydrogens is 897 g/mol. The van der Waals surface area contributed by atoms with Crippen molar-refractivity contribution in [2.24, 2.45) is 0 Å². The SMILES string of the molecule is CCCCCCCCCCCC(=O)Oc1cc(OC(=O)CCCCCCCCCCC)c2ccc3c(OC(=O)CCCCCCCCCCC)cc(OC(=O)CCCCCCCCCCC)c4ccc1c2c43. The van der Waals surface area contributed by atoms with Crippen LogP contribution in [0.15, 0.2) is 36.4 Å². The second kappa shape index (κ2) is 37.5. The molecule has 0 spiro atoms. The van der Waals surface area contributed by atoms with Crippen LogP contribution in [0.5, 0.6) is 23.0 Å². The van der Waals surface area contributed by atoms with Crippen molar-refractivity contribution in [3.8, 4) is 23.0 Å². The monoisotopic (exact) mass is 995 g/mol. The quantitative estimate of drug-likeness (QED) is 0.0187. The number of ether oxygens (including phenoxy) is 4. The average Bonchev–Trinajstić information content (AvgIpc) is 3.37. The molecule has 0 atom stereocenters. The number of carbonyl (C=O) groups excluding carboxylic acids is 4. The van der Waals surface area contributed by atoms with Crippen LogP contribution in [0.2, 0.25) is 0 Å². The minimum absolute atomic E-state index is 0.281. The first-order valence-electron chi connectivity index (χ1n) is 29.9. The maximum atomic E-state index is 13.6. The summed E-state index contributed by atoms with van der Waals surface area (Å²) in [5.41, 5.74) is 0. The fourth-order valence-corrected chi connectivity index (χ4v) is 10.2. The summed E-state index contributed by atoms with van der Waals surface area (Å²) in [4.78, 5) is 54.5. The molecule has 4 aromatic rings. The molecule has 0 saturated carbocycles. The van der Waals surface area contributed by atoms with Crippen LogP contribution in [0, 0.1) is 0 Å². The molecule has 0 aliphatic carbocycles. The number of hydrogen-bond acceptors (Lipinski definition) is 8. The number of esters is 4. The van der Waals surface area contributed by atoms with Gasteiger partial charge in [0, 0.05) is 70.1 Å². The van der Waals surface area contributed by atoms with Crippen molar-refractivity contribution in [3.63, 3.8) is 0 Å². The lowest BCUT2D eigenvalue weighted by Crippen LogP contribution is -2.12. The van der Waals surface area contributed by atoms with Crippen molar-refractivity contribution in [3.05, 3.63) is 36.4 Å². The Kier molecular flexibility index (Phi) is 31.5. The molecule has 8 nitrogen and oxygen atoms in total. The van der Waals surface area contributed by atoms with Crippen LogP contribution in [0.25, 0.3) is 32.3 Å². The molecule has 72 heavy (non-hydrogen) atoms. The van der Waals surface area contributed by atoms with E-state index in [1.165, 1.54) is 154 Å². The molecule has 0 amide bonds. The van der Waals surface area contributed by atoms with Gasteiger partial charge in [-0.15, -0.1) is 0 Å². The first kappa shape index (κ1) is 60.4. The van der Waals surface area contributed by atoms with Gasteiger partial charge in [0.15, 0.2) is 0 Å². The van der Waals surface area contributed by atoms with E-state index in [1.54, 1.807) is 12.1 Å². The summed E-state index contributed by atoms with van der Waals surface area (Å²) in [5.74, 6) is -0.120. The fraction of sp³-hybridized carbons (Fsp3) is 0.688. The summed E-state index contributed by atoms with van der Waals surface area (Å²) in [6.45, 7) is 8.94. The van der Waals surface area contributed by atoms with E-state index in [4.69, 9.17) is 18.9 Å². The first-order valence-corrected chi connectivity index (χ1v) is 29.9. The third-order valence-corrected chi connectivity index (χ3v) is 14.6. The van der Waals surface area contributed by atoms with Gasteiger partial charge in [0.2, 0.25) is 0 Å². The van der Waals surface area contributed by atoms with Gasteiger partial charge in [0.1, 0.15) is 23.0 Å². The molecule has 4 rings (SSSR count). The molecule has 0 fully saturated rings. The van der Waals surface area contributed by atoms with Crippen LogP contribution in [0.3, 0.4) is 0 Å². The zero-order valence-corrected chi connectivity index (χ0v) is 46.0. The lowest BCUT2D eigenvalue weighted by molar-refractivity contribution is -0.135. The van der Waals surface area contributed by atoms with Crippen molar-refractivity contribution >= 4 is 56.2 Å². The van der Waals surface area contributed by atoms with Gasteiger partial charge < -0.3 is 18.9 Å². The molecule has 402 valence electrons. The van der Waals surface area contributed by atoms with E-state index in [-0.39, 0.29) is 49.6 Å². The van der Waals surface area contributed by atoms with E-state index in [1.807, 2.05) is 24.3 Å². The second-order valence-corrected chi connectivity index (χ2v) is 21.0. The molecule has 0 unspecified atom stereocenters. The average molecular weight is 995 g/mol. The van der Waals surface area contributed by atoms with Crippen molar-refractivity contribution < 1.29 is 38.1 Å². The molecule has 0 aromatic heterocycles. The molecule has 4 aromatic carbocycles. The Bertz CT molecular complexity index is 1830. The third-order valence-electron chi connectivity index (χ3n) is 14.6. The summed E-state index contributed by atoms with van der Waals surface area (Å²) in [6.07, 6.45) is 42.3. The Morgan fingerprint density at radius 2 is 0.431 bits per heavy atom. The molecule has 0 N–H and O–H groups in total. The summed E-state index contributed by atoms with van der Waals surface area (Å²) in [6, 6.07) is 10.9. The lowest BCUT2D eigenvalue weighted by Gasteiger charge is -2.20. The van der Waals surface area contributed by atoms with Crippen molar-refractivity contribution in [1.29, 1.82) is 0 Å². The zero-order chi connectivity index (χ0) is 51.4. The normalized spacial score (nSPS) is 11.6. The Labute approximate surface area is 436 Å². The molecule has 8 heteroatoms. The first-order chi connectivity index (χ1) is 35.3. The van der Waals surface area contributed by atoms with Gasteiger partial charge in [-0.25, -0.2) is 0 Å². The molecule has 0 aliphatic rings. The largest absolute Gasteiger partial charge is 0.426 e. The summed E-state index contributed by atoms with van der Waals surface area (Å²) in [5, 5.41) is 4.02. The van der Waals surface area contributed by atoms with E-state index in [2.05, 4.69) is 27.7 Å². The van der Waals surface area contributed by atoms with E-state index < -0.39 is 0 Å². The van der Waals surface area contributed by atoms with Crippen LogP contribution < -0.4 is 18.9 Å². The maximum Gasteiger partial charge on any atom is 0.311 e. The Morgan fingerprint density at radius 1 is 0.264 bits per heavy atom. The van der Waals surface area contributed by atoms with Gasteiger partial charge in [-0.2, -0.15) is 0 Å². The molecule has 0 aliphatic heterocycles. The number of benzene rings is 4. The van der Waals surface area contributed by atoms with Crippen molar-refractivity contribution in [2.45, 2.75) is 285 Å². The summed E-state index contributed by atoms with van der Waals surface area (Å²) < 4.78 is 24.8. The predicted molar refractivity (Wildman–Crippen MR) is 300 cm³/mol. The van der Waals surface area contributed by atoms with Crippen LogP contribution in [0.1, 0.15) is 285 Å². The van der Waals surface area contributed by atoms with E-state index in [0.29, 0.717) is 55.3 Å². The molecule has 0 saturated heterocycles.